The molecule has 0 radical (unpaired) electrons. The molecule has 3 aliphatic rings. The van der Waals surface area contributed by atoms with Crippen LogP contribution in [0.3, 0.4) is 0 Å². The van der Waals surface area contributed by atoms with Crippen molar-refractivity contribution in [2.24, 2.45) is 5.16 Å². The standard InChI is InChI=1S/C19H24N6O5S2/c1-25(5-3-2-4-6-25)7-10-8-31-17-13(16(27)24(17)14(10)18(28)29)22-15(26)12(23-30)11-9-32-19(20)21-11/h9,13,17H,2-8H2,1H3,(H4-,20,21,22,26,28,29,30)/p+1/t13?,17-/m0/s1. The molecule has 1 unspecified atom stereocenters. The van der Waals surface area contributed by atoms with Gasteiger partial charge in [0.1, 0.15) is 29.4 Å². The van der Waals surface area contributed by atoms with Crippen molar-refractivity contribution in [3.8, 4) is 0 Å². The van der Waals surface area contributed by atoms with Crippen molar-refractivity contribution in [1.82, 2.24) is 15.2 Å². The van der Waals surface area contributed by atoms with Crippen molar-refractivity contribution < 1.29 is 29.2 Å². The number of rotatable bonds is 6. The number of nitrogens with two attached hydrogens (primary N) is 1. The third-order valence-corrected chi connectivity index (χ3v) is 8.10. The van der Waals surface area contributed by atoms with E-state index in [2.05, 4.69) is 22.5 Å². The van der Waals surface area contributed by atoms with E-state index in [0.29, 0.717) is 12.3 Å². The van der Waals surface area contributed by atoms with Gasteiger partial charge in [-0.1, -0.05) is 5.16 Å². The molecule has 2 fully saturated rings. The number of likely N-dealkylation sites (tertiary alicyclic amines) is 1. The van der Waals surface area contributed by atoms with Crippen LogP contribution in [0.5, 0.6) is 0 Å². The Hall–Kier alpha value is -2.64. The number of nitrogens with one attached hydrogen (secondary N) is 1. The van der Waals surface area contributed by atoms with Crippen molar-refractivity contribution in [1.29, 1.82) is 0 Å². The van der Waals surface area contributed by atoms with E-state index in [4.69, 9.17) is 5.73 Å². The number of amides is 2. The van der Waals surface area contributed by atoms with Gasteiger partial charge in [-0.25, -0.2) is 9.78 Å². The van der Waals surface area contributed by atoms with Crippen LogP contribution in [0.2, 0.25) is 0 Å². The number of nitrogen functional groups attached to an aromatic ring is 1. The minimum Gasteiger partial charge on any atom is -0.477 e. The number of piperidine rings is 1. The summed E-state index contributed by atoms with van der Waals surface area (Å²) in [6, 6.07) is -0.920. The number of likely N-dealkylation sites (N-methyl/N-ethyl adjacent to an activating group) is 1. The fourth-order valence-corrected chi connectivity index (χ4v) is 6.40. The molecule has 2 amide bonds. The van der Waals surface area contributed by atoms with Gasteiger partial charge < -0.3 is 25.8 Å². The summed E-state index contributed by atoms with van der Waals surface area (Å²) in [7, 11) is 2.13. The van der Waals surface area contributed by atoms with Gasteiger partial charge in [-0.2, -0.15) is 0 Å². The number of hydrogen-bond donors (Lipinski definition) is 4. The van der Waals surface area contributed by atoms with Crippen LogP contribution in [0.4, 0.5) is 5.13 Å². The minimum atomic E-state index is -1.14. The Labute approximate surface area is 192 Å². The number of nitrogens with zero attached hydrogens (tertiary/aromatic N) is 4. The Morgan fingerprint density at radius 1 is 1.38 bits per heavy atom. The zero-order chi connectivity index (χ0) is 23.0. The number of oxime groups is 1. The van der Waals surface area contributed by atoms with Gasteiger partial charge in [0.05, 0.1) is 20.1 Å². The number of aromatic nitrogens is 1. The molecule has 172 valence electrons. The van der Waals surface area contributed by atoms with Crippen LogP contribution in [-0.4, -0.2) is 92.0 Å². The summed E-state index contributed by atoms with van der Waals surface area (Å²) < 4.78 is 0.770. The molecular weight excluding hydrogens is 456 g/mol. The number of carboxylic acid groups (broad SMARTS) is 1. The van der Waals surface area contributed by atoms with Crippen LogP contribution in [0.25, 0.3) is 0 Å². The minimum absolute atomic E-state index is 0.0255. The van der Waals surface area contributed by atoms with Crippen LogP contribution >= 0.6 is 23.1 Å². The summed E-state index contributed by atoms with van der Waals surface area (Å²) in [4.78, 5) is 42.8. The number of hydrogen-bond acceptors (Lipinski definition) is 9. The molecule has 3 aliphatic heterocycles. The van der Waals surface area contributed by atoms with Gasteiger partial charge in [-0.05, 0) is 19.3 Å². The van der Waals surface area contributed by atoms with E-state index in [-0.39, 0.29) is 22.2 Å². The molecule has 1 aromatic rings. The smallest absolute Gasteiger partial charge is 0.352 e. The highest BCUT2D eigenvalue weighted by Crippen LogP contribution is 2.41. The zero-order valence-electron chi connectivity index (χ0n) is 17.5. The van der Waals surface area contributed by atoms with Crippen molar-refractivity contribution in [3.05, 3.63) is 22.3 Å². The first-order valence-corrected chi connectivity index (χ1v) is 12.1. The maximum Gasteiger partial charge on any atom is 0.352 e. The number of anilines is 1. The molecule has 0 spiro atoms. The molecule has 0 aliphatic carbocycles. The van der Waals surface area contributed by atoms with E-state index >= 15 is 0 Å². The normalized spacial score (nSPS) is 25.2. The number of carbonyl (C=O) groups excluding carboxylic acids is 2. The molecule has 2 atom stereocenters. The number of β-lactam (4-membered cyclic amide) rings is 1. The highest BCUT2D eigenvalue weighted by atomic mass is 32.2. The number of thioether (sulfide) groups is 1. The molecule has 32 heavy (non-hydrogen) atoms. The summed E-state index contributed by atoms with van der Waals surface area (Å²) in [5.74, 6) is -1.95. The number of thiazole rings is 1. The zero-order valence-corrected chi connectivity index (χ0v) is 19.1. The van der Waals surface area contributed by atoms with Crippen molar-refractivity contribution >= 4 is 51.7 Å². The summed E-state index contributed by atoms with van der Waals surface area (Å²) in [6.45, 7) is 2.57. The van der Waals surface area contributed by atoms with E-state index in [0.717, 1.165) is 47.3 Å². The largest absolute Gasteiger partial charge is 0.477 e. The Kier molecular flexibility index (Phi) is 6.14. The molecule has 4 heterocycles. The van der Waals surface area contributed by atoms with E-state index < -0.39 is 29.2 Å². The second kappa shape index (κ2) is 8.71. The molecule has 0 saturated carbocycles. The Morgan fingerprint density at radius 3 is 2.69 bits per heavy atom. The number of fused-ring (bicyclic) bond motifs is 1. The molecule has 1 aromatic heterocycles. The highest BCUT2D eigenvalue weighted by Gasteiger charge is 2.55. The van der Waals surface area contributed by atoms with E-state index in [9.17, 15) is 24.7 Å². The van der Waals surface area contributed by atoms with Gasteiger partial charge in [0.15, 0.2) is 10.8 Å². The fraction of sp³-hybridized carbons (Fsp3) is 0.526. The van der Waals surface area contributed by atoms with E-state index in [1.807, 2.05) is 0 Å². The van der Waals surface area contributed by atoms with Gasteiger partial charge >= 0.3 is 5.97 Å². The predicted octanol–water partition coefficient (Wildman–Crippen LogP) is 0.273. The first kappa shape index (κ1) is 22.6. The van der Waals surface area contributed by atoms with Crippen LogP contribution in [-0.2, 0) is 14.4 Å². The fourth-order valence-electron chi connectivity index (χ4n) is 4.52. The quantitative estimate of drug-likeness (QED) is 0.148. The third kappa shape index (κ3) is 4.07. The Morgan fingerprint density at radius 2 is 2.09 bits per heavy atom. The lowest BCUT2D eigenvalue weighted by atomic mass is 10.0. The molecular formula is C19H25N6O5S2+. The lowest BCUT2D eigenvalue weighted by Crippen LogP contribution is -2.71. The predicted molar refractivity (Wildman–Crippen MR) is 119 cm³/mol. The van der Waals surface area contributed by atoms with Crippen molar-refractivity contribution in [2.75, 3.05) is 38.2 Å². The maximum absolute atomic E-state index is 12.9. The molecule has 2 saturated heterocycles. The number of carbonyl (C=O) groups is 3. The summed E-state index contributed by atoms with van der Waals surface area (Å²) >= 11 is 2.51. The molecule has 0 aromatic carbocycles. The van der Waals surface area contributed by atoms with Crippen LogP contribution in [0.1, 0.15) is 25.0 Å². The number of aliphatic carboxylic acids is 1. The van der Waals surface area contributed by atoms with Gasteiger partial charge in [-0.3, -0.25) is 14.5 Å². The molecule has 4 rings (SSSR count). The maximum atomic E-state index is 12.9. The average Bonchev–Trinajstić information content (AvgIpc) is 3.18. The molecule has 5 N–H and O–H groups in total. The van der Waals surface area contributed by atoms with Crippen molar-refractivity contribution in [3.63, 3.8) is 0 Å². The van der Waals surface area contributed by atoms with Crippen LogP contribution in [0, 0.1) is 0 Å². The van der Waals surface area contributed by atoms with Crippen molar-refractivity contribution in [2.45, 2.75) is 30.7 Å². The average molecular weight is 482 g/mol. The van der Waals surface area contributed by atoms with Gasteiger partial charge in [0.25, 0.3) is 11.8 Å². The SMILES string of the molecule is C[N+]1(CC2=C(C(=O)O)N3C(=O)C(NC(=O)C(=NO)c4csc(N)n4)[C@@H]3SC2)CCCCC1. The molecule has 11 nitrogen and oxygen atoms in total. The lowest BCUT2D eigenvalue weighted by Gasteiger charge is -2.50. The first-order valence-electron chi connectivity index (χ1n) is 10.2. The van der Waals surface area contributed by atoms with E-state index in [1.165, 1.54) is 28.5 Å². The molecule has 0 bridgehead atoms. The van der Waals surface area contributed by atoms with Crippen LogP contribution < -0.4 is 11.1 Å². The number of quaternary nitrogens is 1. The lowest BCUT2D eigenvalue weighted by molar-refractivity contribution is -0.909. The Balaban J connectivity index is 1.50. The van der Waals surface area contributed by atoms with Crippen LogP contribution in [0.15, 0.2) is 21.8 Å². The highest BCUT2D eigenvalue weighted by molar-refractivity contribution is 8.00. The monoisotopic (exact) mass is 481 g/mol. The number of carboxylic acids is 1. The van der Waals surface area contributed by atoms with E-state index in [1.54, 1.807) is 0 Å². The summed E-state index contributed by atoms with van der Waals surface area (Å²) in [6.07, 6.45) is 3.41. The van der Waals surface area contributed by atoms with Gasteiger partial charge in [-0.15, -0.1) is 23.1 Å². The first-order chi connectivity index (χ1) is 15.2. The third-order valence-electron chi connectivity index (χ3n) is 6.08. The second-order valence-electron chi connectivity index (χ2n) is 8.42. The summed E-state index contributed by atoms with van der Waals surface area (Å²) in [5, 5.41) is 25.8. The summed E-state index contributed by atoms with van der Waals surface area (Å²) in [5.41, 5.74) is 6.08. The topological polar surface area (TPSA) is 158 Å². The second-order valence-corrected chi connectivity index (χ2v) is 10.4. The van der Waals surface area contributed by atoms with Gasteiger partial charge in [0, 0.05) is 16.7 Å². The Bertz CT molecular complexity index is 1020. The molecule has 13 heteroatoms. The van der Waals surface area contributed by atoms with Gasteiger partial charge in [0.2, 0.25) is 0 Å².